The van der Waals surface area contributed by atoms with Gasteiger partial charge >= 0.3 is 5.97 Å². The average Bonchev–Trinajstić information content (AvgIpc) is 2.78. The smallest absolute Gasteiger partial charge is 0.338 e. The lowest BCUT2D eigenvalue weighted by molar-refractivity contribution is -0.384. The molecule has 1 N–H and O–H groups in total. The summed E-state index contributed by atoms with van der Waals surface area (Å²) in [6.45, 7) is -0.517. The summed E-state index contributed by atoms with van der Waals surface area (Å²) in [6, 6.07) is 19.9. The van der Waals surface area contributed by atoms with Gasteiger partial charge in [-0.3, -0.25) is 19.7 Å². The number of non-ortho nitro benzene ring substituents is 1. The molecule has 0 aliphatic carbocycles. The minimum atomic E-state index is -0.834. The lowest BCUT2D eigenvalue weighted by atomic mass is 10.1. The summed E-state index contributed by atoms with van der Waals surface area (Å²) in [5, 5.41) is 13.5. The largest absolute Gasteiger partial charge is 0.454 e. The fourth-order valence-electron chi connectivity index (χ4n) is 2.58. The Morgan fingerprint density at radius 2 is 1.50 bits per heavy atom. The molecule has 0 bridgehead atoms. The number of anilines is 1. The highest BCUT2D eigenvalue weighted by atomic mass is 16.6. The molecule has 0 aromatic heterocycles. The van der Waals surface area contributed by atoms with Crippen LogP contribution in [-0.4, -0.2) is 29.2 Å². The van der Waals surface area contributed by atoms with Crippen molar-refractivity contribution >= 4 is 29.0 Å². The number of nitro benzene ring substituents is 1. The monoisotopic (exact) mass is 404 g/mol. The Bertz CT molecular complexity index is 1090. The van der Waals surface area contributed by atoms with Crippen LogP contribution < -0.4 is 5.32 Å². The van der Waals surface area contributed by atoms with Gasteiger partial charge in [0.2, 0.25) is 0 Å². The topological polar surface area (TPSA) is 116 Å². The number of rotatable bonds is 7. The number of amides is 1. The van der Waals surface area contributed by atoms with Crippen LogP contribution in [0.3, 0.4) is 0 Å². The lowest BCUT2D eigenvalue weighted by Gasteiger charge is -2.07. The molecule has 0 saturated heterocycles. The number of hydrogen-bond acceptors (Lipinski definition) is 6. The second-order valence-electron chi connectivity index (χ2n) is 6.20. The Morgan fingerprint density at radius 1 is 0.833 bits per heavy atom. The number of ether oxygens (including phenoxy) is 1. The normalized spacial score (nSPS) is 10.1. The molecule has 3 aromatic carbocycles. The van der Waals surface area contributed by atoms with Crippen LogP contribution in [0.1, 0.15) is 31.1 Å². The first kappa shape index (κ1) is 20.4. The molecule has 0 fully saturated rings. The first-order chi connectivity index (χ1) is 14.4. The van der Waals surface area contributed by atoms with E-state index in [1.807, 2.05) is 6.07 Å². The van der Waals surface area contributed by atoms with Gasteiger partial charge in [-0.05, 0) is 42.5 Å². The maximum Gasteiger partial charge on any atom is 0.338 e. The molecule has 0 unspecified atom stereocenters. The van der Waals surface area contributed by atoms with Gasteiger partial charge in [0.05, 0.1) is 10.5 Å². The van der Waals surface area contributed by atoms with E-state index in [4.69, 9.17) is 4.74 Å². The van der Waals surface area contributed by atoms with Crippen molar-refractivity contribution in [1.29, 1.82) is 0 Å². The van der Waals surface area contributed by atoms with Crippen molar-refractivity contribution in [2.24, 2.45) is 0 Å². The Labute approximate surface area is 171 Å². The Morgan fingerprint density at radius 3 is 2.17 bits per heavy atom. The van der Waals surface area contributed by atoms with Gasteiger partial charge in [0.15, 0.2) is 12.4 Å². The van der Waals surface area contributed by atoms with Gasteiger partial charge in [0.1, 0.15) is 0 Å². The summed E-state index contributed by atoms with van der Waals surface area (Å²) >= 11 is 0. The van der Waals surface area contributed by atoms with Gasteiger partial charge in [-0.15, -0.1) is 0 Å². The van der Waals surface area contributed by atoms with E-state index >= 15 is 0 Å². The highest BCUT2D eigenvalue weighted by Crippen LogP contribution is 2.15. The molecule has 8 heteroatoms. The molecule has 3 rings (SSSR count). The number of Topliss-reactive ketones (excluding diaryl/α,β-unsaturated/α-hetero) is 1. The van der Waals surface area contributed by atoms with Crippen molar-refractivity contribution in [2.75, 3.05) is 11.9 Å². The summed E-state index contributed by atoms with van der Waals surface area (Å²) in [4.78, 5) is 46.5. The summed E-state index contributed by atoms with van der Waals surface area (Å²) in [5.74, 6) is -1.56. The summed E-state index contributed by atoms with van der Waals surface area (Å²) in [6.07, 6.45) is 0. The molecule has 150 valence electrons. The van der Waals surface area contributed by atoms with Crippen LogP contribution in [0.15, 0.2) is 78.9 Å². The van der Waals surface area contributed by atoms with E-state index in [1.165, 1.54) is 30.3 Å². The van der Waals surface area contributed by atoms with Crippen molar-refractivity contribution in [1.82, 2.24) is 0 Å². The summed E-state index contributed by atoms with van der Waals surface area (Å²) in [7, 11) is 0. The number of hydrogen-bond donors (Lipinski definition) is 1. The van der Waals surface area contributed by atoms with Gasteiger partial charge in [-0.2, -0.15) is 0 Å². The second-order valence-corrected chi connectivity index (χ2v) is 6.20. The number of benzene rings is 3. The highest BCUT2D eigenvalue weighted by Gasteiger charge is 2.15. The maximum atomic E-state index is 12.2. The van der Waals surface area contributed by atoms with Gasteiger partial charge in [0.25, 0.3) is 11.6 Å². The molecule has 30 heavy (non-hydrogen) atoms. The molecule has 3 aromatic rings. The first-order valence-electron chi connectivity index (χ1n) is 8.85. The fraction of sp³-hybridized carbons (Fsp3) is 0.0455. The lowest BCUT2D eigenvalue weighted by Crippen LogP contribution is -2.15. The molecule has 0 atom stereocenters. The molecule has 1 amide bonds. The van der Waals surface area contributed by atoms with Gasteiger partial charge in [-0.25, -0.2) is 4.79 Å². The Hall–Kier alpha value is -4.33. The quantitative estimate of drug-likeness (QED) is 0.276. The average molecular weight is 404 g/mol. The SMILES string of the molecule is O=C(COC(=O)c1cccc([N+](=O)[O-])c1)c1ccc(NC(=O)c2ccccc2)cc1. The molecule has 0 spiro atoms. The van der Waals surface area contributed by atoms with Crippen LogP contribution in [0.5, 0.6) is 0 Å². The van der Waals surface area contributed by atoms with Crippen molar-refractivity contribution in [3.63, 3.8) is 0 Å². The van der Waals surface area contributed by atoms with Crippen LogP contribution in [-0.2, 0) is 4.74 Å². The number of esters is 1. The van der Waals surface area contributed by atoms with Crippen molar-refractivity contribution < 1.29 is 24.0 Å². The molecule has 0 saturated carbocycles. The van der Waals surface area contributed by atoms with Crippen LogP contribution in [0, 0.1) is 10.1 Å². The molecular weight excluding hydrogens is 388 g/mol. The van der Waals surface area contributed by atoms with Crippen molar-refractivity contribution in [3.8, 4) is 0 Å². The number of nitrogens with one attached hydrogen (secondary N) is 1. The van der Waals surface area contributed by atoms with Crippen LogP contribution >= 0.6 is 0 Å². The van der Waals surface area contributed by atoms with Gasteiger partial charge in [-0.1, -0.05) is 24.3 Å². The standard InChI is InChI=1S/C22H16N2O6/c25-20(14-30-22(27)17-7-4-8-19(13-17)24(28)29)15-9-11-18(12-10-15)23-21(26)16-5-2-1-3-6-16/h1-13H,14H2,(H,23,26). The zero-order valence-electron chi connectivity index (χ0n) is 15.6. The third-order valence-electron chi connectivity index (χ3n) is 4.13. The van der Waals surface area contributed by atoms with E-state index < -0.39 is 23.3 Å². The minimum Gasteiger partial charge on any atom is -0.454 e. The molecule has 0 aliphatic rings. The second kappa shape index (κ2) is 9.24. The van der Waals surface area contributed by atoms with Gasteiger partial charge < -0.3 is 10.1 Å². The molecule has 0 heterocycles. The predicted molar refractivity (Wildman–Crippen MR) is 109 cm³/mol. The summed E-state index contributed by atoms with van der Waals surface area (Å²) in [5.41, 5.74) is 1.04. The van der Waals surface area contributed by atoms with Crippen LogP contribution in [0.2, 0.25) is 0 Å². The Kier molecular flexibility index (Phi) is 6.29. The molecular formula is C22H16N2O6. The minimum absolute atomic E-state index is 0.0176. The van der Waals surface area contributed by atoms with E-state index in [2.05, 4.69) is 5.32 Å². The predicted octanol–water partition coefficient (Wildman–Crippen LogP) is 3.89. The van der Waals surface area contributed by atoms with Crippen molar-refractivity contribution in [3.05, 3.63) is 106 Å². The van der Waals surface area contributed by atoms with E-state index in [0.717, 1.165) is 6.07 Å². The number of ketones is 1. The fourth-order valence-corrected chi connectivity index (χ4v) is 2.58. The third-order valence-corrected chi connectivity index (χ3v) is 4.13. The molecule has 0 aliphatic heterocycles. The molecule has 0 radical (unpaired) electrons. The zero-order chi connectivity index (χ0) is 21.5. The Balaban J connectivity index is 1.57. The van der Waals surface area contributed by atoms with E-state index in [9.17, 15) is 24.5 Å². The number of carbonyl (C=O) groups excluding carboxylic acids is 3. The zero-order valence-corrected chi connectivity index (χ0v) is 15.6. The van der Waals surface area contributed by atoms with Gasteiger partial charge in [0, 0.05) is 28.9 Å². The van der Waals surface area contributed by atoms with Crippen molar-refractivity contribution in [2.45, 2.75) is 0 Å². The van der Waals surface area contributed by atoms with E-state index in [-0.39, 0.29) is 17.2 Å². The number of nitro groups is 1. The highest BCUT2D eigenvalue weighted by molar-refractivity contribution is 6.05. The maximum absolute atomic E-state index is 12.2. The van der Waals surface area contributed by atoms with E-state index in [0.29, 0.717) is 16.8 Å². The molecule has 8 nitrogen and oxygen atoms in total. The van der Waals surface area contributed by atoms with Crippen LogP contribution in [0.4, 0.5) is 11.4 Å². The summed E-state index contributed by atoms with van der Waals surface area (Å²) < 4.78 is 4.95. The number of carbonyl (C=O) groups is 3. The van der Waals surface area contributed by atoms with E-state index in [1.54, 1.807) is 36.4 Å². The third kappa shape index (κ3) is 5.14. The first-order valence-corrected chi connectivity index (χ1v) is 8.85. The van der Waals surface area contributed by atoms with Crippen LogP contribution in [0.25, 0.3) is 0 Å². The number of nitrogens with zero attached hydrogens (tertiary/aromatic N) is 1.